The predicted octanol–water partition coefficient (Wildman–Crippen LogP) is 2.70. The third-order valence-corrected chi connectivity index (χ3v) is 2.99. The van der Waals surface area contributed by atoms with Crippen molar-refractivity contribution in [2.45, 2.75) is 19.4 Å². The van der Waals surface area contributed by atoms with Gasteiger partial charge in [0.25, 0.3) is 11.9 Å². The molecule has 0 saturated heterocycles. The summed E-state index contributed by atoms with van der Waals surface area (Å²) in [6, 6.07) is 0. The summed E-state index contributed by atoms with van der Waals surface area (Å²) < 4.78 is 62.3. The number of hydrogen-bond acceptors (Lipinski definition) is 5. The third kappa shape index (κ3) is 4.48. The molecule has 0 N–H and O–H groups in total. The van der Waals surface area contributed by atoms with Crippen LogP contribution in [0.1, 0.15) is 13.3 Å². The molecule has 1 unspecified atom stereocenters. The van der Waals surface area contributed by atoms with Crippen LogP contribution in [0.15, 0.2) is 0 Å². The van der Waals surface area contributed by atoms with Crippen LogP contribution in [-0.2, 0) is 9.53 Å². The number of aromatic nitrogens is 1. The van der Waals surface area contributed by atoms with Gasteiger partial charge in [-0.15, -0.1) is 0 Å². The zero-order valence-corrected chi connectivity index (χ0v) is 12.1. The molecule has 0 saturated carbocycles. The average molecular weight is 327 g/mol. The monoisotopic (exact) mass is 327 g/mol. The number of nitrogens with zero attached hydrogens (tertiary/aromatic N) is 1. The second-order valence-corrected chi connectivity index (χ2v) is 4.78. The van der Waals surface area contributed by atoms with Crippen molar-refractivity contribution >= 4 is 17.7 Å². The minimum absolute atomic E-state index is 0.0298. The van der Waals surface area contributed by atoms with Crippen molar-refractivity contribution in [3.8, 4) is 5.75 Å². The van der Waals surface area contributed by atoms with E-state index in [0.717, 1.165) is 0 Å². The van der Waals surface area contributed by atoms with Crippen molar-refractivity contribution in [1.29, 1.82) is 0 Å². The number of ether oxygens (including phenoxy) is 2. The van der Waals surface area contributed by atoms with Crippen molar-refractivity contribution in [3.63, 3.8) is 0 Å². The standard InChI is InChI=1S/C12H13F4NO3S/c1-3-19-12(18)6(4-5-21-2)20-9-7(13)10(15)17-11(16)8(9)14/h6H,3-5H2,1-2H3. The first-order chi connectivity index (χ1) is 9.92. The Labute approximate surface area is 122 Å². The highest BCUT2D eigenvalue weighted by Crippen LogP contribution is 2.26. The lowest BCUT2D eigenvalue weighted by Crippen LogP contribution is -2.31. The third-order valence-electron chi connectivity index (χ3n) is 2.35. The molecule has 0 aromatic carbocycles. The molecule has 0 aliphatic rings. The van der Waals surface area contributed by atoms with Crippen molar-refractivity contribution in [2.24, 2.45) is 0 Å². The van der Waals surface area contributed by atoms with Gasteiger partial charge in [0.05, 0.1) is 6.61 Å². The fraction of sp³-hybridized carbons (Fsp3) is 0.500. The normalized spacial score (nSPS) is 12.1. The Morgan fingerprint density at radius 3 is 2.29 bits per heavy atom. The van der Waals surface area contributed by atoms with E-state index >= 15 is 0 Å². The summed E-state index contributed by atoms with van der Waals surface area (Å²) in [7, 11) is 0. The fourth-order valence-electron chi connectivity index (χ4n) is 1.40. The second-order valence-electron chi connectivity index (χ2n) is 3.79. The van der Waals surface area contributed by atoms with E-state index in [0.29, 0.717) is 5.75 Å². The molecule has 118 valence electrons. The molecule has 21 heavy (non-hydrogen) atoms. The van der Waals surface area contributed by atoms with E-state index in [-0.39, 0.29) is 13.0 Å². The minimum Gasteiger partial charge on any atom is -0.472 e. The molecular weight excluding hydrogens is 314 g/mol. The van der Waals surface area contributed by atoms with Crippen molar-refractivity contribution in [3.05, 3.63) is 23.5 Å². The fourth-order valence-corrected chi connectivity index (χ4v) is 1.85. The largest absolute Gasteiger partial charge is 0.472 e. The lowest BCUT2D eigenvalue weighted by molar-refractivity contribution is -0.151. The topological polar surface area (TPSA) is 48.4 Å². The molecule has 0 spiro atoms. The number of esters is 1. The molecule has 1 heterocycles. The van der Waals surface area contributed by atoms with Gasteiger partial charge in [0.1, 0.15) is 0 Å². The van der Waals surface area contributed by atoms with Gasteiger partial charge >= 0.3 is 5.97 Å². The Morgan fingerprint density at radius 1 is 1.24 bits per heavy atom. The van der Waals surface area contributed by atoms with Crippen LogP contribution in [0.5, 0.6) is 5.75 Å². The summed E-state index contributed by atoms with van der Waals surface area (Å²) >= 11 is 1.35. The minimum atomic E-state index is -1.85. The van der Waals surface area contributed by atoms with E-state index in [1.54, 1.807) is 6.26 Å². The van der Waals surface area contributed by atoms with Crippen LogP contribution in [0.3, 0.4) is 0 Å². The van der Waals surface area contributed by atoms with Gasteiger partial charge in [-0.25, -0.2) is 4.79 Å². The van der Waals surface area contributed by atoms with E-state index in [9.17, 15) is 22.4 Å². The first-order valence-corrected chi connectivity index (χ1v) is 7.33. The molecule has 1 aromatic rings. The van der Waals surface area contributed by atoms with E-state index < -0.39 is 41.4 Å². The maximum Gasteiger partial charge on any atom is 0.347 e. The Bertz CT molecular complexity index is 490. The lowest BCUT2D eigenvalue weighted by Gasteiger charge is -2.18. The van der Waals surface area contributed by atoms with Crippen LogP contribution in [0, 0.1) is 23.5 Å². The molecular formula is C12H13F4NO3S. The Kier molecular flexibility index (Phi) is 6.73. The highest BCUT2D eigenvalue weighted by Gasteiger charge is 2.28. The van der Waals surface area contributed by atoms with Crippen LogP contribution >= 0.6 is 11.8 Å². The Hall–Kier alpha value is -1.51. The number of hydrogen-bond donors (Lipinski definition) is 0. The quantitative estimate of drug-likeness (QED) is 0.438. The number of carbonyl (C=O) groups excluding carboxylic acids is 1. The van der Waals surface area contributed by atoms with Crippen molar-refractivity contribution in [1.82, 2.24) is 4.98 Å². The Balaban J connectivity index is 3.05. The van der Waals surface area contributed by atoms with Gasteiger partial charge in [-0.05, 0) is 18.9 Å². The molecule has 0 aliphatic carbocycles. The van der Waals surface area contributed by atoms with Crippen LogP contribution < -0.4 is 4.74 Å². The molecule has 0 radical (unpaired) electrons. The van der Waals surface area contributed by atoms with Gasteiger partial charge in [0.15, 0.2) is 6.10 Å². The average Bonchev–Trinajstić information content (AvgIpc) is 2.44. The lowest BCUT2D eigenvalue weighted by atomic mass is 10.2. The highest BCUT2D eigenvalue weighted by molar-refractivity contribution is 7.98. The van der Waals surface area contributed by atoms with E-state index in [2.05, 4.69) is 4.98 Å². The molecule has 1 atom stereocenters. The van der Waals surface area contributed by atoms with E-state index in [1.165, 1.54) is 18.7 Å². The van der Waals surface area contributed by atoms with Crippen molar-refractivity contribution in [2.75, 3.05) is 18.6 Å². The van der Waals surface area contributed by atoms with Crippen LogP contribution in [0.2, 0.25) is 0 Å². The maximum atomic E-state index is 13.4. The van der Waals surface area contributed by atoms with Crippen molar-refractivity contribution < 1.29 is 31.8 Å². The first kappa shape index (κ1) is 17.5. The van der Waals surface area contributed by atoms with Crippen LogP contribution in [0.4, 0.5) is 17.6 Å². The molecule has 9 heteroatoms. The summed E-state index contributed by atoms with van der Waals surface area (Å²) in [6.45, 7) is 1.57. The summed E-state index contributed by atoms with van der Waals surface area (Å²) in [4.78, 5) is 14.0. The number of pyridine rings is 1. The van der Waals surface area contributed by atoms with Gasteiger partial charge in [-0.3, -0.25) is 0 Å². The summed E-state index contributed by atoms with van der Waals surface area (Å²) in [5.74, 6) is -9.07. The number of thioether (sulfide) groups is 1. The summed E-state index contributed by atoms with van der Waals surface area (Å²) in [6.07, 6.45) is 0.433. The van der Waals surface area contributed by atoms with Gasteiger partial charge in [0.2, 0.25) is 17.4 Å². The van der Waals surface area contributed by atoms with Crippen LogP contribution in [-0.4, -0.2) is 35.7 Å². The molecule has 1 aromatic heterocycles. The van der Waals surface area contributed by atoms with E-state index in [4.69, 9.17) is 9.47 Å². The molecule has 0 fully saturated rings. The van der Waals surface area contributed by atoms with Gasteiger partial charge in [0, 0.05) is 6.42 Å². The Morgan fingerprint density at radius 2 is 1.81 bits per heavy atom. The maximum absolute atomic E-state index is 13.4. The van der Waals surface area contributed by atoms with Crippen LogP contribution in [0.25, 0.3) is 0 Å². The molecule has 1 rings (SSSR count). The van der Waals surface area contributed by atoms with E-state index in [1.807, 2.05) is 0 Å². The smallest absolute Gasteiger partial charge is 0.347 e. The zero-order valence-electron chi connectivity index (χ0n) is 11.3. The molecule has 0 aliphatic heterocycles. The molecule has 4 nitrogen and oxygen atoms in total. The zero-order chi connectivity index (χ0) is 16.0. The summed E-state index contributed by atoms with van der Waals surface area (Å²) in [5.41, 5.74) is 0. The molecule has 0 bridgehead atoms. The van der Waals surface area contributed by atoms with Gasteiger partial charge < -0.3 is 9.47 Å². The number of carbonyl (C=O) groups is 1. The summed E-state index contributed by atoms with van der Waals surface area (Å²) in [5, 5.41) is 0. The predicted molar refractivity (Wildman–Crippen MR) is 68.1 cm³/mol. The highest BCUT2D eigenvalue weighted by atomic mass is 32.2. The second kappa shape index (κ2) is 8.06. The number of halogens is 4. The molecule has 0 amide bonds. The first-order valence-electron chi connectivity index (χ1n) is 5.94. The van der Waals surface area contributed by atoms with Gasteiger partial charge in [-0.1, -0.05) is 0 Å². The SMILES string of the molecule is CCOC(=O)C(CCSC)Oc1c(F)c(F)nc(F)c1F. The number of rotatable bonds is 7. The van der Waals surface area contributed by atoms with Gasteiger partial charge in [-0.2, -0.15) is 34.3 Å².